The van der Waals surface area contributed by atoms with E-state index in [0.717, 1.165) is 17.8 Å². The van der Waals surface area contributed by atoms with Crippen molar-refractivity contribution in [2.45, 2.75) is 11.3 Å². The van der Waals surface area contributed by atoms with Gasteiger partial charge in [-0.2, -0.15) is 0 Å². The van der Waals surface area contributed by atoms with E-state index in [-0.39, 0.29) is 59.0 Å². The average Bonchev–Trinajstić information content (AvgIpc) is 2.71. The van der Waals surface area contributed by atoms with Gasteiger partial charge in [0.2, 0.25) is 17.7 Å². The monoisotopic (exact) mass is 434 g/mol. The standard InChI is InChI=1S/C19H19FN4O5S/c20-14-4-1-12(2-5-14)9-17(25)22-7-8-23-18(26)11-30-16-6-3-13(19(21)27)10-15(16)24(28)29/h1-6,10H,7-9,11H2,(H2,21,27)(H,22,25)(H,23,26). The second-order valence-corrected chi connectivity index (χ2v) is 7.11. The van der Waals surface area contributed by atoms with Crippen LogP contribution in [0.2, 0.25) is 0 Å². The molecule has 9 nitrogen and oxygen atoms in total. The number of primary amides is 1. The number of nitro groups is 1. The summed E-state index contributed by atoms with van der Waals surface area (Å²) >= 11 is 0.947. The Kier molecular flexibility index (Phi) is 8.29. The van der Waals surface area contributed by atoms with E-state index in [1.54, 1.807) is 0 Å². The number of carbonyl (C=O) groups is 3. The topological polar surface area (TPSA) is 144 Å². The summed E-state index contributed by atoms with van der Waals surface area (Å²) in [6.45, 7) is 0.376. The molecule has 0 saturated carbocycles. The molecule has 0 bridgehead atoms. The fourth-order valence-electron chi connectivity index (χ4n) is 2.38. The summed E-state index contributed by atoms with van der Waals surface area (Å²) in [4.78, 5) is 45.6. The number of hydrogen-bond donors (Lipinski definition) is 3. The molecule has 0 fully saturated rings. The third kappa shape index (κ3) is 7.17. The van der Waals surface area contributed by atoms with Gasteiger partial charge in [-0.05, 0) is 29.8 Å². The lowest BCUT2D eigenvalue weighted by atomic mass is 10.1. The van der Waals surface area contributed by atoms with Crippen LogP contribution < -0.4 is 16.4 Å². The lowest BCUT2D eigenvalue weighted by Gasteiger charge is -2.08. The SMILES string of the molecule is NC(=O)c1ccc(SCC(=O)NCCNC(=O)Cc2ccc(F)cc2)c([N+](=O)[O-])c1. The maximum atomic E-state index is 12.8. The Balaban J connectivity index is 1.73. The van der Waals surface area contributed by atoms with Crippen molar-refractivity contribution in [3.8, 4) is 0 Å². The van der Waals surface area contributed by atoms with Crippen LogP contribution in [0.3, 0.4) is 0 Å². The van der Waals surface area contributed by atoms with Crippen molar-refractivity contribution in [1.82, 2.24) is 10.6 Å². The van der Waals surface area contributed by atoms with Crippen molar-refractivity contribution in [3.05, 3.63) is 69.5 Å². The van der Waals surface area contributed by atoms with Crippen LogP contribution in [0.15, 0.2) is 47.4 Å². The zero-order valence-electron chi connectivity index (χ0n) is 15.7. The smallest absolute Gasteiger partial charge is 0.283 e. The highest BCUT2D eigenvalue weighted by molar-refractivity contribution is 8.00. The Morgan fingerprint density at radius 3 is 2.27 bits per heavy atom. The Morgan fingerprint density at radius 1 is 1.03 bits per heavy atom. The fraction of sp³-hybridized carbons (Fsp3) is 0.211. The second-order valence-electron chi connectivity index (χ2n) is 6.10. The number of halogens is 1. The van der Waals surface area contributed by atoms with Gasteiger partial charge in [0, 0.05) is 24.7 Å². The predicted octanol–water partition coefficient (Wildman–Crippen LogP) is 1.40. The van der Waals surface area contributed by atoms with Gasteiger partial charge in [0.1, 0.15) is 5.82 Å². The molecular formula is C19H19FN4O5S. The van der Waals surface area contributed by atoms with Crippen molar-refractivity contribution < 1.29 is 23.7 Å². The first kappa shape index (κ1) is 22.8. The van der Waals surface area contributed by atoms with Crippen LogP contribution in [-0.2, 0) is 16.0 Å². The number of rotatable bonds is 10. The van der Waals surface area contributed by atoms with Crippen LogP contribution in [0.1, 0.15) is 15.9 Å². The molecule has 0 aliphatic heterocycles. The first-order valence-corrected chi connectivity index (χ1v) is 9.73. The highest BCUT2D eigenvalue weighted by Crippen LogP contribution is 2.29. The molecule has 0 unspecified atom stereocenters. The normalized spacial score (nSPS) is 10.3. The molecule has 0 saturated heterocycles. The second kappa shape index (κ2) is 10.9. The molecule has 11 heteroatoms. The van der Waals surface area contributed by atoms with Gasteiger partial charge in [-0.1, -0.05) is 12.1 Å². The number of benzene rings is 2. The lowest BCUT2D eigenvalue weighted by Crippen LogP contribution is -2.36. The van der Waals surface area contributed by atoms with Gasteiger partial charge in [-0.25, -0.2) is 4.39 Å². The lowest BCUT2D eigenvalue weighted by molar-refractivity contribution is -0.387. The summed E-state index contributed by atoms with van der Waals surface area (Å²) in [6, 6.07) is 9.36. The van der Waals surface area contributed by atoms with Crippen LogP contribution in [0.25, 0.3) is 0 Å². The number of nitrogens with one attached hydrogen (secondary N) is 2. The zero-order valence-corrected chi connectivity index (χ0v) is 16.5. The molecule has 0 spiro atoms. The number of thioether (sulfide) groups is 1. The molecule has 2 aromatic carbocycles. The quantitative estimate of drug-likeness (QED) is 0.223. The highest BCUT2D eigenvalue weighted by Gasteiger charge is 2.18. The van der Waals surface area contributed by atoms with Crippen molar-refractivity contribution >= 4 is 35.2 Å². The molecule has 4 N–H and O–H groups in total. The fourth-order valence-corrected chi connectivity index (χ4v) is 3.22. The molecular weight excluding hydrogens is 415 g/mol. The van der Waals surface area contributed by atoms with E-state index in [0.29, 0.717) is 5.56 Å². The van der Waals surface area contributed by atoms with E-state index in [9.17, 15) is 28.9 Å². The van der Waals surface area contributed by atoms with Crippen LogP contribution in [0.4, 0.5) is 10.1 Å². The summed E-state index contributed by atoms with van der Waals surface area (Å²) in [5, 5.41) is 16.4. The minimum Gasteiger partial charge on any atom is -0.366 e. The first-order chi connectivity index (χ1) is 14.3. The number of carbonyl (C=O) groups excluding carboxylic acids is 3. The van der Waals surface area contributed by atoms with Crippen molar-refractivity contribution in [1.29, 1.82) is 0 Å². The minimum absolute atomic E-state index is 0.00637. The van der Waals surface area contributed by atoms with Gasteiger partial charge in [-0.3, -0.25) is 24.5 Å². The Labute approximate surface area is 175 Å². The maximum absolute atomic E-state index is 12.8. The van der Waals surface area contributed by atoms with E-state index < -0.39 is 10.8 Å². The molecule has 0 radical (unpaired) electrons. The molecule has 0 heterocycles. The summed E-state index contributed by atoms with van der Waals surface area (Å²) < 4.78 is 12.8. The molecule has 158 valence electrons. The van der Waals surface area contributed by atoms with E-state index in [1.807, 2.05) is 0 Å². The van der Waals surface area contributed by atoms with Gasteiger partial charge in [0.05, 0.1) is 22.0 Å². The van der Waals surface area contributed by atoms with Crippen LogP contribution in [0, 0.1) is 15.9 Å². The molecule has 3 amide bonds. The Morgan fingerprint density at radius 2 is 1.67 bits per heavy atom. The van der Waals surface area contributed by atoms with Crippen LogP contribution in [0.5, 0.6) is 0 Å². The predicted molar refractivity (Wildman–Crippen MR) is 108 cm³/mol. The van der Waals surface area contributed by atoms with E-state index in [1.165, 1.54) is 36.4 Å². The molecule has 0 atom stereocenters. The summed E-state index contributed by atoms with van der Waals surface area (Å²) in [5.41, 5.74) is 5.48. The third-order valence-corrected chi connectivity index (χ3v) is 4.91. The van der Waals surface area contributed by atoms with Crippen molar-refractivity contribution in [2.24, 2.45) is 5.73 Å². The number of amides is 3. The summed E-state index contributed by atoms with van der Waals surface area (Å²) in [7, 11) is 0. The molecule has 2 rings (SSSR count). The minimum atomic E-state index is -0.783. The van der Waals surface area contributed by atoms with Crippen molar-refractivity contribution in [3.63, 3.8) is 0 Å². The van der Waals surface area contributed by atoms with Gasteiger partial charge in [0.15, 0.2) is 0 Å². The molecule has 0 aliphatic carbocycles. The van der Waals surface area contributed by atoms with Gasteiger partial charge in [0.25, 0.3) is 5.69 Å². The largest absolute Gasteiger partial charge is 0.366 e. The number of nitro benzene ring substituents is 1. The number of hydrogen-bond acceptors (Lipinski definition) is 6. The van der Waals surface area contributed by atoms with E-state index >= 15 is 0 Å². The maximum Gasteiger partial charge on any atom is 0.283 e. The van der Waals surface area contributed by atoms with Crippen LogP contribution >= 0.6 is 11.8 Å². The molecule has 0 aromatic heterocycles. The number of nitrogens with zero attached hydrogens (tertiary/aromatic N) is 1. The molecule has 0 aliphatic rings. The highest BCUT2D eigenvalue weighted by atomic mass is 32.2. The summed E-state index contributed by atoms with van der Waals surface area (Å²) in [5.74, 6) is -1.89. The van der Waals surface area contributed by atoms with E-state index in [4.69, 9.17) is 5.73 Å². The van der Waals surface area contributed by atoms with Crippen LogP contribution in [-0.4, -0.2) is 41.5 Å². The molecule has 30 heavy (non-hydrogen) atoms. The van der Waals surface area contributed by atoms with E-state index in [2.05, 4.69) is 10.6 Å². The van der Waals surface area contributed by atoms with Gasteiger partial charge in [-0.15, -0.1) is 11.8 Å². The zero-order chi connectivity index (χ0) is 22.1. The Hall–Kier alpha value is -3.47. The van der Waals surface area contributed by atoms with Gasteiger partial charge >= 0.3 is 0 Å². The third-order valence-electron chi connectivity index (χ3n) is 3.85. The number of nitrogens with two attached hydrogens (primary N) is 1. The average molecular weight is 434 g/mol. The van der Waals surface area contributed by atoms with Crippen molar-refractivity contribution in [2.75, 3.05) is 18.8 Å². The Bertz CT molecular complexity index is 952. The van der Waals surface area contributed by atoms with Gasteiger partial charge < -0.3 is 16.4 Å². The first-order valence-electron chi connectivity index (χ1n) is 8.75. The summed E-state index contributed by atoms with van der Waals surface area (Å²) in [6.07, 6.45) is 0.0923. The molecule has 2 aromatic rings.